The molecular weight excluding hydrogens is 314 g/mol. The topological polar surface area (TPSA) is 58.8 Å². The van der Waals surface area contributed by atoms with Gasteiger partial charge in [0.1, 0.15) is 12.4 Å². The number of nitrogens with two attached hydrogens (primary N) is 1. The normalized spacial score (nSPS) is 25.4. The van der Waals surface area contributed by atoms with E-state index in [1.165, 1.54) is 0 Å². The Hall–Kier alpha value is -1.14. The molecule has 0 saturated carbocycles. The lowest BCUT2D eigenvalue weighted by molar-refractivity contribution is -0.190. The summed E-state index contributed by atoms with van der Waals surface area (Å²) in [4.78, 5) is 20.4. The number of hydroxylamine groups is 2. The van der Waals surface area contributed by atoms with Crippen molar-refractivity contribution in [3.63, 3.8) is 0 Å². The van der Waals surface area contributed by atoms with E-state index in [0.717, 1.165) is 12.0 Å². The van der Waals surface area contributed by atoms with Crippen LogP contribution < -0.4 is 5.73 Å². The summed E-state index contributed by atoms with van der Waals surface area (Å²) < 4.78 is 0. The fourth-order valence-electron chi connectivity index (χ4n) is 3.59. The second-order valence-corrected chi connectivity index (χ2v) is 6.66. The van der Waals surface area contributed by atoms with Crippen LogP contribution in [0.15, 0.2) is 24.3 Å². The number of halogens is 1. The monoisotopic (exact) mass is 339 g/mol. The number of carbonyl (C=O) groups is 1. The molecule has 1 aliphatic heterocycles. The number of carbonyl (C=O) groups excluding carboxylic acids is 1. The Kier molecular flexibility index (Phi) is 5.68. The molecule has 128 valence electrons. The van der Waals surface area contributed by atoms with Crippen LogP contribution in [-0.4, -0.2) is 36.2 Å². The summed E-state index contributed by atoms with van der Waals surface area (Å²) in [6, 6.07) is 7.67. The maximum Gasteiger partial charge on any atom is 0.227 e. The zero-order valence-electron chi connectivity index (χ0n) is 14.3. The third-order valence-corrected chi connectivity index (χ3v) is 5.08. The van der Waals surface area contributed by atoms with E-state index in [9.17, 15) is 4.79 Å². The van der Waals surface area contributed by atoms with Gasteiger partial charge in [0.25, 0.3) is 0 Å². The lowest BCUT2D eigenvalue weighted by Gasteiger charge is -2.37. The van der Waals surface area contributed by atoms with Gasteiger partial charge >= 0.3 is 0 Å². The first-order chi connectivity index (χ1) is 10.9. The Morgan fingerprint density at radius 3 is 2.39 bits per heavy atom. The first kappa shape index (κ1) is 18.2. The van der Waals surface area contributed by atoms with Crippen LogP contribution in [0.1, 0.15) is 44.8 Å². The highest BCUT2D eigenvalue weighted by Gasteiger charge is 2.52. The Morgan fingerprint density at radius 2 is 1.91 bits per heavy atom. The highest BCUT2D eigenvalue weighted by Crippen LogP contribution is 2.44. The van der Waals surface area contributed by atoms with Crippen molar-refractivity contribution in [1.82, 2.24) is 9.96 Å². The molecule has 1 aromatic carbocycles. The fraction of sp³-hybridized carbons (Fsp3) is 0.588. The first-order valence-corrected chi connectivity index (χ1v) is 8.42. The van der Waals surface area contributed by atoms with Gasteiger partial charge in [0.2, 0.25) is 5.91 Å². The van der Waals surface area contributed by atoms with Gasteiger partial charge in [-0.15, -0.1) is 0 Å². The van der Waals surface area contributed by atoms with Gasteiger partial charge in [-0.3, -0.25) is 14.5 Å². The predicted octanol–water partition coefficient (Wildman–Crippen LogP) is 3.16. The minimum atomic E-state index is -0.696. The average Bonchev–Trinajstić information content (AvgIpc) is 2.81. The lowest BCUT2D eigenvalue weighted by atomic mass is 9.77. The standard InChI is InChI=1S/C17H26ClN3O2/c1-5-11-17(6-2,15(19)22)16-20(3)14(21(4)23-16)12-7-9-13(18)10-8-12/h7-10,14,16H,5-6,11H2,1-4H3,(H2,19,22). The zero-order chi connectivity index (χ0) is 17.2. The quantitative estimate of drug-likeness (QED) is 0.865. The van der Waals surface area contributed by atoms with Crippen LogP contribution in [0.2, 0.25) is 5.02 Å². The molecule has 2 rings (SSSR count). The second-order valence-electron chi connectivity index (χ2n) is 6.22. The molecule has 2 N–H and O–H groups in total. The second kappa shape index (κ2) is 7.18. The molecule has 3 unspecified atom stereocenters. The van der Waals surface area contributed by atoms with Crippen molar-refractivity contribution in [2.45, 2.75) is 45.5 Å². The Labute approximate surface area is 143 Å². The van der Waals surface area contributed by atoms with Crippen LogP contribution in [0.25, 0.3) is 0 Å². The maximum absolute atomic E-state index is 12.2. The molecule has 1 saturated heterocycles. The van der Waals surface area contributed by atoms with Crippen molar-refractivity contribution in [2.24, 2.45) is 11.1 Å². The minimum Gasteiger partial charge on any atom is -0.369 e. The van der Waals surface area contributed by atoms with E-state index in [1.54, 1.807) is 5.06 Å². The molecule has 3 atom stereocenters. The molecule has 6 heteroatoms. The number of hydrogen-bond donors (Lipinski definition) is 1. The van der Waals surface area contributed by atoms with Gasteiger partial charge in [-0.1, -0.05) is 44.0 Å². The summed E-state index contributed by atoms with van der Waals surface area (Å²) in [5, 5.41) is 2.48. The number of rotatable bonds is 6. The molecule has 1 aliphatic rings. The molecule has 1 fully saturated rings. The summed E-state index contributed by atoms with van der Waals surface area (Å²) in [5.74, 6) is -0.302. The van der Waals surface area contributed by atoms with Crippen molar-refractivity contribution in [1.29, 1.82) is 0 Å². The summed E-state index contributed by atoms with van der Waals surface area (Å²) in [7, 11) is 3.85. The van der Waals surface area contributed by atoms with Gasteiger partial charge in [0.15, 0.2) is 0 Å². The van der Waals surface area contributed by atoms with E-state index in [-0.39, 0.29) is 18.3 Å². The summed E-state index contributed by atoms with van der Waals surface area (Å²) in [6.45, 7) is 4.05. The maximum atomic E-state index is 12.2. The molecule has 1 amide bonds. The molecule has 1 aromatic rings. The highest BCUT2D eigenvalue weighted by molar-refractivity contribution is 6.30. The van der Waals surface area contributed by atoms with E-state index in [2.05, 4.69) is 11.8 Å². The van der Waals surface area contributed by atoms with Crippen LogP contribution >= 0.6 is 11.6 Å². The van der Waals surface area contributed by atoms with E-state index in [0.29, 0.717) is 17.9 Å². The summed E-state index contributed by atoms with van der Waals surface area (Å²) >= 11 is 5.98. The highest BCUT2D eigenvalue weighted by atomic mass is 35.5. The third-order valence-electron chi connectivity index (χ3n) is 4.82. The number of hydrogen-bond acceptors (Lipinski definition) is 4. The van der Waals surface area contributed by atoms with Gasteiger partial charge in [0, 0.05) is 12.1 Å². The number of nitrogens with zero attached hydrogens (tertiary/aromatic N) is 2. The van der Waals surface area contributed by atoms with Crippen LogP contribution in [-0.2, 0) is 9.63 Å². The molecule has 0 aromatic heterocycles. The van der Waals surface area contributed by atoms with E-state index < -0.39 is 5.41 Å². The van der Waals surface area contributed by atoms with Crippen LogP contribution in [0.3, 0.4) is 0 Å². The Bertz CT molecular complexity index is 551. The van der Waals surface area contributed by atoms with Crippen LogP contribution in [0, 0.1) is 5.41 Å². The van der Waals surface area contributed by atoms with Crippen molar-refractivity contribution in [3.8, 4) is 0 Å². The van der Waals surface area contributed by atoms with E-state index in [4.69, 9.17) is 22.2 Å². The van der Waals surface area contributed by atoms with Crippen LogP contribution in [0.5, 0.6) is 0 Å². The smallest absolute Gasteiger partial charge is 0.227 e. The molecule has 23 heavy (non-hydrogen) atoms. The summed E-state index contributed by atoms with van der Waals surface area (Å²) in [6.07, 6.45) is 1.76. The van der Waals surface area contributed by atoms with Gasteiger partial charge in [-0.05, 0) is 37.6 Å². The Balaban J connectivity index is 2.35. The lowest BCUT2D eigenvalue weighted by Crippen LogP contribution is -2.51. The molecule has 0 spiro atoms. The zero-order valence-corrected chi connectivity index (χ0v) is 15.0. The third kappa shape index (κ3) is 3.24. The molecule has 0 radical (unpaired) electrons. The number of amides is 1. The number of primary amides is 1. The SMILES string of the molecule is CCCC(CC)(C(N)=O)C1ON(C)C(c2ccc(Cl)cc2)N1C. The van der Waals surface area contributed by atoms with Gasteiger partial charge in [0.05, 0.1) is 5.41 Å². The van der Waals surface area contributed by atoms with Crippen molar-refractivity contribution in [2.75, 3.05) is 14.1 Å². The van der Waals surface area contributed by atoms with Gasteiger partial charge in [-0.2, -0.15) is 5.06 Å². The average molecular weight is 340 g/mol. The minimum absolute atomic E-state index is 0.0839. The number of benzene rings is 1. The van der Waals surface area contributed by atoms with Crippen LogP contribution in [0.4, 0.5) is 0 Å². The molecule has 5 nitrogen and oxygen atoms in total. The molecular formula is C17H26ClN3O2. The van der Waals surface area contributed by atoms with Gasteiger partial charge < -0.3 is 5.73 Å². The van der Waals surface area contributed by atoms with E-state index >= 15 is 0 Å². The predicted molar refractivity (Wildman–Crippen MR) is 91.4 cm³/mol. The van der Waals surface area contributed by atoms with E-state index in [1.807, 2.05) is 45.3 Å². The largest absolute Gasteiger partial charge is 0.369 e. The van der Waals surface area contributed by atoms with Crippen molar-refractivity contribution in [3.05, 3.63) is 34.9 Å². The first-order valence-electron chi connectivity index (χ1n) is 8.04. The fourth-order valence-corrected chi connectivity index (χ4v) is 3.71. The molecule has 0 bridgehead atoms. The van der Waals surface area contributed by atoms with Gasteiger partial charge in [-0.25, -0.2) is 0 Å². The van der Waals surface area contributed by atoms with Crippen molar-refractivity contribution >= 4 is 17.5 Å². The molecule has 1 heterocycles. The Morgan fingerprint density at radius 1 is 1.30 bits per heavy atom. The summed E-state index contributed by atoms with van der Waals surface area (Å²) in [5.41, 5.74) is 6.15. The van der Waals surface area contributed by atoms with Crippen molar-refractivity contribution < 1.29 is 9.63 Å². The molecule has 0 aliphatic carbocycles.